The highest BCUT2D eigenvalue weighted by Crippen LogP contribution is 2.38. The fourth-order valence-electron chi connectivity index (χ4n) is 14.8. The van der Waals surface area contributed by atoms with E-state index in [4.69, 9.17) is 9.47 Å². The lowest BCUT2D eigenvalue weighted by atomic mass is 9.77. The molecule has 8 N–H and O–H groups in total. The van der Waals surface area contributed by atoms with Gasteiger partial charge in [0.25, 0.3) is 0 Å². The average Bonchev–Trinajstić information content (AvgIpc) is 0.771. The minimum Gasteiger partial charge on any atom is -0.467 e. The Hall–Kier alpha value is -10.2. The van der Waals surface area contributed by atoms with E-state index in [1.54, 1.807) is 57.0 Å². The Morgan fingerprint density at radius 3 is 1.44 bits per heavy atom. The number of carbonyl (C=O) groups excluding carboxylic acids is 10. The molecule has 9 amide bonds. The second-order valence-corrected chi connectivity index (χ2v) is 30.2. The van der Waals surface area contributed by atoms with Gasteiger partial charge in [-0.25, -0.2) is 14.6 Å². The second-order valence-electron chi connectivity index (χ2n) is 30.2. The molecule has 9 rings (SSSR count). The molecule has 23 heteroatoms. The van der Waals surface area contributed by atoms with E-state index < -0.39 is 118 Å². The standard InChI is InChI=1S/C83H107N11O12/c1-81(2,3)106-80(104)90-67(53-63-54-93(6)55-84-63)75(99)92-82(4,5)79(103)89-66(50-57-33-17-9-18-34-57)74(98)85-64(46-47-71(95)91-83(60-39-23-12-24-40-60,61-41-25-13-26-42-61)62-43-27-14-28-44-62)72(96)87-68(51-58-35-19-10-20-36-58)77(101)94-48-30-29-45-70(94)76(100)86-65(49-56-31-15-8-16-32-56)73(97)88-69(78(102)105-7)52-59-37-21-11-22-38-59/h10-14,19-28,35-44,54-57,64-70H,8-9,15-18,29-34,45-53H2,1-7H3,(H,85,98)(H,86,100)(H,87,96)(H,88,97)(H,89,103)(H,90,104)(H,91,95)(H,92,99)/t64-,65-,66-,67-,68+,69-,70+/m0/s1. The van der Waals surface area contributed by atoms with Crippen LogP contribution in [0.5, 0.6) is 0 Å². The number of hydrogen-bond acceptors (Lipinski definition) is 13. The van der Waals surface area contributed by atoms with Crippen molar-refractivity contribution in [1.29, 1.82) is 0 Å². The molecule has 2 aliphatic carbocycles. The van der Waals surface area contributed by atoms with Gasteiger partial charge in [-0.1, -0.05) is 216 Å². The molecule has 2 saturated carbocycles. The van der Waals surface area contributed by atoms with Crippen LogP contribution in [0.2, 0.25) is 0 Å². The number of nitrogens with zero attached hydrogens (tertiary/aromatic N) is 3. The van der Waals surface area contributed by atoms with E-state index in [-0.39, 0.29) is 63.3 Å². The van der Waals surface area contributed by atoms with Crippen molar-refractivity contribution in [2.45, 2.75) is 222 Å². The Morgan fingerprint density at radius 2 is 0.953 bits per heavy atom. The first-order valence-electron chi connectivity index (χ1n) is 37.6. The van der Waals surface area contributed by atoms with Crippen LogP contribution in [0.3, 0.4) is 0 Å². The third-order valence-electron chi connectivity index (χ3n) is 20.3. The van der Waals surface area contributed by atoms with Gasteiger partial charge in [0.2, 0.25) is 47.3 Å². The highest BCUT2D eigenvalue weighted by Gasteiger charge is 2.43. The van der Waals surface area contributed by atoms with Crippen molar-refractivity contribution >= 4 is 59.3 Å². The van der Waals surface area contributed by atoms with Crippen LogP contribution in [0.25, 0.3) is 0 Å². The lowest BCUT2D eigenvalue weighted by molar-refractivity contribution is -0.147. The molecule has 0 spiro atoms. The van der Waals surface area contributed by atoms with Gasteiger partial charge < -0.3 is 61.5 Å². The highest BCUT2D eigenvalue weighted by atomic mass is 16.6. The zero-order valence-corrected chi connectivity index (χ0v) is 62.4. The number of benzene rings is 5. The molecule has 7 atom stereocenters. The number of imidazole rings is 1. The van der Waals surface area contributed by atoms with Gasteiger partial charge >= 0.3 is 12.1 Å². The third-order valence-corrected chi connectivity index (χ3v) is 20.3. The van der Waals surface area contributed by atoms with Crippen LogP contribution in [0.4, 0.5) is 4.79 Å². The lowest BCUT2D eigenvalue weighted by Crippen LogP contribution is -2.63. The minimum absolute atomic E-state index is 0.0423. The third kappa shape index (κ3) is 22.9. The van der Waals surface area contributed by atoms with Crippen molar-refractivity contribution < 1.29 is 57.4 Å². The van der Waals surface area contributed by atoms with Gasteiger partial charge in [-0.3, -0.25) is 38.4 Å². The first kappa shape index (κ1) is 79.9. The number of alkyl carbamates (subject to hydrolysis) is 1. The maximum absolute atomic E-state index is 15.8. The van der Waals surface area contributed by atoms with E-state index in [0.717, 1.165) is 86.5 Å². The van der Waals surface area contributed by atoms with Gasteiger partial charge in [-0.2, -0.15) is 0 Å². The van der Waals surface area contributed by atoms with Crippen LogP contribution in [0.1, 0.15) is 177 Å². The van der Waals surface area contributed by atoms with Crippen LogP contribution < -0.4 is 42.5 Å². The summed E-state index contributed by atoms with van der Waals surface area (Å²) in [6.07, 6.45) is 12.4. The van der Waals surface area contributed by atoms with E-state index >= 15 is 24.0 Å². The normalized spacial score (nSPS) is 16.9. The average molecular weight is 1450 g/mol. The molecule has 566 valence electrons. The Labute approximate surface area is 623 Å². The van der Waals surface area contributed by atoms with Crippen LogP contribution in [-0.2, 0) is 84.5 Å². The molecule has 23 nitrogen and oxygen atoms in total. The quantitative estimate of drug-likeness (QED) is 0.0145. The van der Waals surface area contributed by atoms with Crippen LogP contribution in [0.15, 0.2) is 164 Å². The molecule has 6 aromatic rings. The lowest BCUT2D eigenvalue weighted by Gasteiger charge is -2.38. The van der Waals surface area contributed by atoms with Gasteiger partial charge in [0.1, 0.15) is 59.0 Å². The molecule has 106 heavy (non-hydrogen) atoms. The molecule has 3 fully saturated rings. The molecule has 5 aromatic carbocycles. The number of carbonyl (C=O) groups is 10. The number of methoxy groups -OCH3 is 1. The molecule has 1 saturated heterocycles. The van der Waals surface area contributed by atoms with Gasteiger partial charge in [-0.05, 0) is 113 Å². The van der Waals surface area contributed by atoms with Crippen LogP contribution in [-0.4, -0.2) is 141 Å². The number of esters is 1. The van der Waals surface area contributed by atoms with E-state index in [9.17, 15) is 24.0 Å². The molecular weight excluding hydrogens is 1340 g/mol. The number of piperidine rings is 1. The number of aromatic nitrogens is 2. The summed E-state index contributed by atoms with van der Waals surface area (Å²) in [5.74, 6) is -5.92. The number of nitrogens with one attached hydrogen (secondary N) is 8. The van der Waals surface area contributed by atoms with Gasteiger partial charge in [0, 0.05) is 45.5 Å². The Bertz CT molecular complexity index is 3800. The van der Waals surface area contributed by atoms with Gasteiger partial charge in [-0.15, -0.1) is 0 Å². The molecule has 1 aromatic heterocycles. The van der Waals surface area contributed by atoms with Gasteiger partial charge in [0.05, 0.1) is 19.1 Å². The molecule has 1 aliphatic heterocycles. The Balaban J connectivity index is 1.03. The maximum Gasteiger partial charge on any atom is 0.408 e. The Kier molecular flexibility index (Phi) is 28.8. The summed E-state index contributed by atoms with van der Waals surface area (Å²) < 4.78 is 12.4. The molecule has 2 heterocycles. The first-order valence-corrected chi connectivity index (χ1v) is 37.6. The zero-order valence-electron chi connectivity index (χ0n) is 62.4. The summed E-state index contributed by atoms with van der Waals surface area (Å²) in [6.45, 7) is 8.12. The minimum atomic E-state index is -1.73. The molecule has 0 bridgehead atoms. The molecule has 3 aliphatic rings. The monoisotopic (exact) mass is 1450 g/mol. The van der Waals surface area contributed by atoms with E-state index in [1.165, 1.54) is 25.9 Å². The molecule has 0 radical (unpaired) electrons. The topological polar surface area (TPSA) is 306 Å². The number of rotatable bonds is 32. The van der Waals surface area contributed by atoms with Crippen molar-refractivity contribution in [3.63, 3.8) is 0 Å². The highest BCUT2D eigenvalue weighted by molar-refractivity contribution is 5.99. The van der Waals surface area contributed by atoms with E-state index in [1.807, 2.05) is 140 Å². The fraction of sp³-hybridized carbons (Fsp3) is 0.482. The van der Waals surface area contributed by atoms with Crippen molar-refractivity contribution in [1.82, 2.24) is 57.0 Å². The number of hydrogen-bond donors (Lipinski definition) is 8. The van der Waals surface area contributed by atoms with Crippen LogP contribution in [0, 0.1) is 11.8 Å². The van der Waals surface area contributed by atoms with Gasteiger partial charge in [0.15, 0.2) is 0 Å². The summed E-state index contributed by atoms with van der Waals surface area (Å²) in [5.41, 5.74) is 0.255. The number of likely N-dealkylation sites (tertiary alicyclic amines) is 1. The van der Waals surface area contributed by atoms with Crippen molar-refractivity contribution in [2.24, 2.45) is 18.9 Å². The van der Waals surface area contributed by atoms with E-state index in [0.29, 0.717) is 30.5 Å². The molecule has 0 unspecified atom stereocenters. The van der Waals surface area contributed by atoms with Crippen molar-refractivity contribution in [2.75, 3.05) is 13.7 Å². The fourth-order valence-corrected chi connectivity index (χ4v) is 14.8. The maximum atomic E-state index is 15.8. The first-order chi connectivity index (χ1) is 50.9. The summed E-state index contributed by atoms with van der Waals surface area (Å²) >= 11 is 0. The summed E-state index contributed by atoms with van der Waals surface area (Å²) in [7, 11) is 3.02. The summed E-state index contributed by atoms with van der Waals surface area (Å²) in [6, 6.07) is 38.0. The van der Waals surface area contributed by atoms with E-state index in [2.05, 4.69) is 47.5 Å². The smallest absolute Gasteiger partial charge is 0.408 e. The summed E-state index contributed by atoms with van der Waals surface area (Å²) in [5, 5.41) is 23.7. The zero-order chi connectivity index (χ0) is 75.8. The number of aryl methyl sites for hydroxylation is 1. The molecular formula is C83H107N11O12. The van der Waals surface area contributed by atoms with Crippen molar-refractivity contribution in [3.05, 3.63) is 198 Å². The Morgan fingerprint density at radius 1 is 0.491 bits per heavy atom. The second kappa shape index (κ2) is 38.2. The SMILES string of the molecule is COC(=O)[C@H](Cc1ccccc1)NC(=O)[C@H](CC1CCCCC1)NC(=O)[C@H]1CCCCN1C(=O)[C@@H](Cc1ccccc1)NC(=O)[C@H](CCC(=O)NC(c1ccccc1)(c1ccccc1)c1ccccc1)NC(=O)[C@H](CC1CCCCC1)NC(=O)C(C)(C)NC(=O)[C@H](Cc1cn(C)cn1)NC(=O)OC(C)(C)C. The predicted octanol–water partition coefficient (Wildman–Crippen LogP) is 9.04. The summed E-state index contributed by atoms with van der Waals surface area (Å²) in [4.78, 5) is 154. The predicted molar refractivity (Wildman–Crippen MR) is 403 cm³/mol. The number of ether oxygens (including phenoxy) is 2. The van der Waals surface area contributed by atoms with Crippen molar-refractivity contribution in [3.8, 4) is 0 Å². The number of amides is 9. The van der Waals surface area contributed by atoms with Crippen LogP contribution >= 0.6 is 0 Å². The largest absolute Gasteiger partial charge is 0.467 e.